The molecule has 0 aliphatic rings. The number of benzene rings is 2. The third kappa shape index (κ3) is 4.67. The molecule has 6 nitrogen and oxygen atoms in total. The molecule has 9 heteroatoms. The molecule has 1 heterocycles. The van der Waals surface area contributed by atoms with Crippen LogP contribution >= 0.6 is 15.9 Å². The van der Waals surface area contributed by atoms with Crippen molar-refractivity contribution < 1.29 is 23.4 Å². The van der Waals surface area contributed by atoms with Crippen LogP contribution in [0.3, 0.4) is 0 Å². The standard InChI is InChI=1S/C22H19BrF2N2O4/c1-12-7-19(31-11-14-4-5-15(24)9-17(14)25)20(23)22(30)27(12)18-6-3-13(10-28)8-16(18)21(29)26-2/h3-9,28H,10-11H2,1-2H3,(H,26,29). The molecule has 0 aliphatic heterocycles. The summed E-state index contributed by atoms with van der Waals surface area (Å²) in [5.74, 6) is -1.68. The topological polar surface area (TPSA) is 80.6 Å². The average Bonchev–Trinajstić information content (AvgIpc) is 2.75. The molecular weight excluding hydrogens is 474 g/mol. The summed E-state index contributed by atoms with van der Waals surface area (Å²) in [5.41, 5.74) is 1.18. The van der Waals surface area contributed by atoms with Gasteiger partial charge in [0.15, 0.2) is 0 Å². The summed E-state index contributed by atoms with van der Waals surface area (Å²) in [6.07, 6.45) is 0. The molecule has 1 aromatic heterocycles. The number of rotatable bonds is 6. The van der Waals surface area contributed by atoms with E-state index in [0.29, 0.717) is 16.9 Å². The van der Waals surface area contributed by atoms with Gasteiger partial charge in [-0.3, -0.25) is 14.2 Å². The number of amides is 1. The summed E-state index contributed by atoms with van der Waals surface area (Å²) in [7, 11) is 1.47. The van der Waals surface area contributed by atoms with E-state index in [1.165, 1.54) is 23.7 Å². The van der Waals surface area contributed by atoms with Gasteiger partial charge in [0, 0.05) is 30.4 Å². The van der Waals surface area contributed by atoms with E-state index < -0.39 is 23.1 Å². The number of hydrogen-bond acceptors (Lipinski definition) is 4. The molecule has 3 rings (SSSR count). The Labute approximate surface area is 185 Å². The molecule has 0 fully saturated rings. The van der Waals surface area contributed by atoms with Gasteiger partial charge in [-0.25, -0.2) is 8.78 Å². The van der Waals surface area contributed by atoms with Gasteiger partial charge in [0.1, 0.15) is 28.5 Å². The summed E-state index contributed by atoms with van der Waals surface area (Å²) in [5, 5.41) is 11.9. The maximum atomic E-state index is 13.9. The fourth-order valence-electron chi connectivity index (χ4n) is 3.07. The van der Waals surface area contributed by atoms with Crippen molar-refractivity contribution in [2.75, 3.05) is 7.05 Å². The molecule has 0 bridgehead atoms. The number of nitrogens with zero attached hydrogens (tertiary/aromatic N) is 1. The van der Waals surface area contributed by atoms with Crippen LogP contribution in [-0.4, -0.2) is 22.6 Å². The monoisotopic (exact) mass is 492 g/mol. The fraction of sp³-hybridized carbons (Fsp3) is 0.182. The maximum Gasteiger partial charge on any atom is 0.273 e. The number of nitrogens with one attached hydrogen (secondary N) is 1. The van der Waals surface area contributed by atoms with Crippen LogP contribution in [0.1, 0.15) is 27.2 Å². The highest BCUT2D eigenvalue weighted by molar-refractivity contribution is 9.10. The number of pyridine rings is 1. The molecule has 3 aromatic rings. The Morgan fingerprint density at radius 2 is 1.94 bits per heavy atom. The molecule has 0 saturated heterocycles. The second kappa shape index (κ2) is 9.40. The van der Waals surface area contributed by atoms with Crippen molar-refractivity contribution >= 4 is 21.8 Å². The zero-order valence-electron chi connectivity index (χ0n) is 16.7. The van der Waals surface area contributed by atoms with Gasteiger partial charge in [-0.15, -0.1) is 0 Å². The van der Waals surface area contributed by atoms with E-state index >= 15 is 0 Å². The lowest BCUT2D eigenvalue weighted by Crippen LogP contribution is -2.26. The molecule has 2 aromatic carbocycles. The molecule has 2 N–H and O–H groups in total. The summed E-state index contributed by atoms with van der Waals surface area (Å²) in [6, 6.07) is 9.42. The SMILES string of the molecule is CNC(=O)c1cc(CO)ccc1-n1c(C)cc(OCc2ccc(F)cc2F)c(Br)c1=O. The lowest BCUT2D eigenvalue weighted by atomic mass is 10.1. The van der Waals surface area contributed by atoms with E-state index in [1.807, 2.05) is 0 Å². The first-order valence-electron chi connectivity index (χ1n) is 9.22. The van der Waals surface area contributed by atoms with E-state index in [4.69, 9.17) is 4.74 Å². The van der Waals surface area contributed by atoms with Crippen molar-refractivity contribution in [3.8, 4) is 11.4 Å². The van der Waals surface area contributed by atoms with Crippen molar-refractivity contribution in [3.63, 3.8) is 0 Å². The summed E-state index contributed by atoms with van der Waals surface area (Å²) >= 11 is 3.22. The number of carbonyl (C=O) groups excluding carboxylic acids is 1. The van der Waals surface area contributed by atoms with Crippen LogP contribution in [0.25, 0.3) is 5.69 Å². The molecule has 0 unspecified atom stereocenters. The van der Waals surface area contributed by atoms with Crippen LogP contribution in [0.5, 0.6) is 5.75 Å². The van der Waals surface area contributed by atoms with E-state index in [0.717, 1.165) is 12.1 Å². The van der Waals surface area contributed by atoms with E-state index in [9.17, 15) is 23.5 Å². The number of aliphatic hydroxyl groups excluding tert-OH is 1. The highest BCUT2D eigenvalue weighted by atomic mass is 79.9. The van der Waals surface area contributed by atoms with Crippen LogP contribution in [0, 0.1) is 18.6 Å². The van der Waals surface area contributed by atoms with Crippen molar-refractivity contribution in [2.24, 2.45) is 0 Å². The maximum absolute atomic E-state index is 13.9. The Bertz CT molecular complexity index is 1210. The molecule has 162 valence electrons. The highest BCUT2D eigenvalue weighted by Crippen LogP contribution is 2.27. The molecular formula is C22H19BrF2N2O4. The fourth-order valence-corrected chi connectivity index (χ4v) is 3.48. The predicted octanol–water partition coefficient (Wildman–Crippen LogP) is 3.62. The van der Waals surface area contributed by atoms with Crippen molar-refractivity contribution in [3.05, 3.63) is 91.3 Å². The van der Waals surface area contributed by atoms with E-state index in [1.54, 1.807) is 25.1 Å². The largest absolute Gasteiger partial charge is 0.487 e. The minimum Gasteiger partial charge on any atom is -0.487 e. The smallest absolute Gasteiger partial charge is 0.273 e. The number of carbonyl (C=O) groups is 1. The number of aromatic nitrogens is 1. The van der Waals surface area contributed by atoms with Crippen molar-refractivity contribution in [2.45, 2.75) is 20.1 Å². The highest BCUT2D eigenvalue weighted by Gasteiger charge is 2.19. The zero-order valence-corrected chi connectivity index (χ0v) is 18.3. The van der Waals surface area contributed by atoms with Crippen molar-refractivity contribution in [1.82, 2.24) is 9.88 Å². The van der Waals surface area contributed by atoms with Crippen LogP contribution in [-0.2, 0) is 13.2 Å². The molecule has 0 aliphatic carbocycles. The first kappa shape index (κ1) is 22.6. The lowest BCUT2D eigenvalue weighted by Gasteiger charge is -2.17. The number of ether oxygens (including phenoxy) is 1. The van der Waals surface area contributed by atoms with Gasteiger partial charge in [-0.2, -0.15) is 0 Å². The first-order valence-corrected chi connectivity index (χ1v) is 10.0. The predicted molar refractivity (Wildman–Crippen MR) is 114 cm³/mol. The number of aliphatic hydroxyl groups is 1. The van der Waals surface area contributed by atoms with Gasteiger partial charge in [-0.05, 0) is 52.7 Å². The zero-order chi connectivity index (χ0) is 22.7. The molecule has 0 radical (unpaired) electrons. The van der Waals surface area contributed by atoms with E-state index in [-0.39, 0.29) is 34.6 Å². The Hall–Kier alpha value is -3.04. The second-order valence-electron chi connectivity index (χ2n) is 6.72. The van der Waals surface area contributed by atoms with Crippen LogP contribution in [0.15, 0.2) is 51.7 Å². The Morgan fingerprint density at radius 3 is 2.58 bits per heavy atom. The normalized spacial score (nSPS) is 10.8. The van der Waals surface area contributed by atoms with Gasteiger partial charge in [-0.1, -0.05) is 6.07 Å². The van der Waals surface area contributed by atoms with Gasteiger partial charge >= 0.3 is 0 Å². The second-order valence-corrected chi connectivity index (χ2v) is 7.51. The van der Waals surface area contributed by atoms with Crippen LogP contribution in [0.4, 0.5) is 8.78 Å². The molecule has 0 atom stereocenters. The average molecular weight is 493 g/mol. The summed E-state index contributed by atoms with van der Waals surface area (Å²) in [4.78, 5) is 25.4. The molecule has 0 saturated carbocycles. The number of hydrogen-bond donors (Lipinski definition) is 2. The first-order chi connectivity index (χ1) is 14.8. The Balaban J connectivity index is 2.03. The van der Waals surface area contributed by atoms with Gasteiger partial charge in [0.2, 0.25) is 0 Å². The third-order valence-electron chi connectivity index (χ3n) is 4.65. The lowest BCUT2D eigenvalue weighted by molar-refractivity contribution is 0.0963. The number of aryl methyl sites for hydroxylation is 1. The van der Waals surface area contributed by atoms with Gasteiger partial charge in [0.05, 0.1) is 17.9 Å². The van der Waals surface area contributed by atoms with Crippen molar-refractivity contribution in [1.29, 1.82) is 0 Å². The van der Waals surface area contributed by atoms with Gasteiger partial charge < -0.3 is 15.2 Å². The van der Waals surface area contributed by atoms with Crippen LogP contribution in [0.2, 0.25) is 0 Å². The van der Waals surface area contributed by atoms with Crippen LogP contribution < -0.4 is 15.6 Å². The third-order valence-corrected chi connectivity index (χ3v) is 5.38. The molecule has 0 spiro atoms. The summed E-state index contributed by atoms with van der Waals surface area (Å²) in [6.45, 7) is 1.20. The summed E-state index contributed by atoms with van der Waals surface area (Å²) < 4.78 is 33.9. The Kier molecular flexibility index (Phi) is 6.87. The number of halogens is 3. The molecule has 31 heavy (non-hydrogen) atoms. The van der Waals surface area contributed by atoms with E-state index in [2.05, 4.69) is 21.2 Å². The molecule has 1 amide bonds. The minimum absolute atomic E-state index is 0.0784. The Morgan fingerprint density at radius 1 is 1.19 bits per heavy atom. The van der Waals surface area contributed by atoms with Gasteiger partial charge in [0.25, 0.3) is 11.5 Å². The minimum atomic E-state index is -0.750. The quantitative estimate of drug-likeness (QED) is 0.550.